The summed E-state index contributed by atoms with van der Waals surface area (Å²) in [6.07, 6.45) is 0.127. The minimum atomic E-state index is -0.723. The summed E-state index contributed by atoms with van der Waals surface area (Å²) in [6.45, 7) is 0.594. The highest BCUT2D eigenvalue weighted by molar-refractivity contribution is 5.97. The molecule has 0 atom stereocenters. The van der Waals surface area contributed by atoms with Crippen LogP contribution < -0.4 is 10.6 Å². The van der Waals surface area contributed by atoms with Crippen LogP contribution in [0.5, 0.6) is 0 Å². The van der Waals surface area contributed by atoms with Crippen LogP contribution in [0.1, 0.15) is 22.8 Å². The quantitative estimate of drug-likeness (QED) is 0.433. The fourth-order valence-electron chi connectivity index (χ4n) is 3.06. The first kappa shape index (κ1) is 21.7. The number of hydrogen-bond donors (Lipinski definition) is 2. The van der Waals surface area contributed by atoms with Crippen LogP contribution in [-0.4, -0.2) is 36.7 Å². The van der Waals surface area contributed by atoms with E-state index >= 15 is 0 Å². The molecule has 0 aromatic heterocycles. The molecule has 0 heterocycles. The van der Waals surface area contributed by atoms with Crippen LogP contribution in [0.4, 0.5) is 5.69 Å². The Morgan fingerprint density at radius 2 is 1.61 bits per heavy atom. The fraction of sp³-hybridized carbons (Fsp3) is 0.167. The molecule has 0 spiro atoms. The molecule has 31 heavy (non-hydrogen) atoms. The number of hydrogen-bond acceptors (Lipinski definition) is 5. The summed E-state index contributed by atoms with van der Waals surface area (Å²) in [7, 11) is 0. The first-order valence-corrected chi connectivity index (χ1v) is 9.72. The third-order valence-electron chi connectivity index (χ3n) is 4.58. The lowest BCUT2D eigenvalue weighted by atomic mass is 10.0. The molecule has 0 aliphatic heterocycles. The molecule has 0 fully saturated rings. The van der Waals surface area contributed by atoms with Gasteiger partial charge in [0.05, 0.1) is 6.42 Å². The van der Waals surface area contributed by atoms with Gasteiger partial charge in [0.25, 0.3) is 5.91 Å². The molecule has 0 bridgehead atoms. The molecule has 7 nitrogen and oxygen atoms in total. The molecule has 2 amide bonds. The highest BCUT2D eigenvalue weighted by Gasteiger charge is 2.12. The van der Waals surface area contributed by atoms with Crippen molar-refractivity contribution < 1.29 is 23.9 Å². The number of ether oxygens (including phenoxy) is 1. The maximum Gasteiger partial charge on any atom is 0.325 e. The van der Waals surface area contributed by atoms with Crippen LogP contribution in [0.25, 0.3) is 10.8 Å². The molecule has 3 aromatic rings. The van der Waals surface area contributed by atoms with Gasteiger partial charge in [-0.25, -0.2) is 0 Å². The molecule has 0 radical (unpaired) electrons. The Morgan fingerprint density at radius 1 is 0.871 bits per heavy atom. The van der Waals surface area contributed by atoms with Gasteiger partial charge in [0.2, 0.25) is 5.91 Å². The predicted molar refractivity (Wildman–Crippen MR) is 117 cm³/mol. The van der Waals surface area contributed by atoms with E-state index in [0.717, 1.165) is 16.3 Å². The van der Waals surface area contributed by atoms with Crippen molar-refractivity contribution in [2.24, 2.45) is 0 Å². The van der Waals surface area contributed by atoms with Gasteiger partial charge in [0.15, 0.2) is 12.4 Å². The molecule has 158 valence electrons. The van der Waals surface area contributed by atoms with E-state index in [9.17, 15) is 19.2 Å². The number of ketones is 1. The third-order valence-corrected chi connectivity index (χ3v) is 4.58. The number of carbonyl (C=O) groups is 4. The normalized spacial score (nSPS) is 10.4. The van der Waals surface area contributed by atoms with Crippen molar-refractivity contribution in [3.8, 4) is 0 Å². The topological polar surface area (TPSA) is 102 Å². The molecular weight excluding hydrogens is 396 g/mol. The largest absolute Gasteiger partial charge is 0.454 e. The summed E-state index contributed by atoms with van der Waals surface area (Å²) < 4.78 is 4.89. The van der Waals surface area contributed by atoms with Gasteiger partial charge in [0, 0.05) is 11.3 Å². The van der Waals surface area contributed by atoms with Crippen molar-refractivity contribution >= 4 is 40.0 Å². The first-order chi connectivity index (χ1) is 14.9. The van der Waals surface area contributed by atoms with Crippen molar-refractivity contribution in [2.45, 2.75) is 13.3 Å². The van der Waals surface area contributed by atoms with Crippen LogP contribution in [0.3, 0.4) is 0 Å². The van der Waals surface area contributed by atoms with Gasteiger partial charge in [-0.1, -0.05) is 54.6 Å². The molecule has 2 N–H and O–H groups in total. The lowest BCUT2D eigenvalue weighted by molar-refractivity contribution is -0.147. The predicted octanol–water partition coefficient (Wildman–Crippen LogP) is 2.88. The van der Waals surface area contributed by atoms with Gasteiger partial charge in [-0.15, -0.1) is 0 Å². The van der Waals surface area contributed by atoms with Gasteiger partial charge < -0.3 is 15.4 Å². The second-order valence-electron chi connectivity index (χ2n) is 6.94. The Morgan fingerprint density at radius 3 is 2.42 bits per heavy atom. The zero-order valence-corrected chi connectivity index (χ0v) is 17.0. The van der Waals surface area contributed by atoms with Crippen molar-refractivity contribution in [2.75, 3.05) is 18.5 Å². The summed E-state index contributed by atoms with van der Waals surface area (Å²) in [6, 6.07) is 19.9. The monoisotopic (exact) mass is 418 g/mol. The maximum absolute atomic E-state index is 12.2. The minimum absolute atomic E-state index is 0.123. The summed E-state index contributed by atoms with van der Waals surface area (Å²) in [5, 5.41) is 7.07. The fourth-order valence-corrected chi connectivity index (χ4v) is 3.06. The lowest BCUT2D eigenvalue weighted by Crippen LogP contribution is -2.33. The van der Waals surface area contributed by atoms with E-state index in [0.29, 0.717) is 11.3 Å². The zero-order chi connectivity index (χ0) is 22.2. The summed E-state index contributed by atoms with van der Waals surface area (Å²) >= 11 is 0. The van der Waals surface area contributed by atoms with E-state index in [4.69, 9.17) is 4.74 Å². The smallest absolute Gasteiger partial charge is 0.325 e. The molecule has 0 aliphatic carbocycles. The Kier molecular flexibility index (Phi) is 7.11. The second kappa shape index (κ2) is 10.2. The van der Waals surface area contributed by atoms with E-state index in [1.807, 2.05) is 42.5 Å². The van der Waals surface area contributed by atoms with Crippen molar-refractivity contribution in [1.82, 2.24) is 5.32 Å². The molecule has 3 rings (SSSR count). The SMILES string of the molecule is CC(=O)c1cccc(NC(=O)COC(=O)CNC(=O)Cc2cccc3ccccc23)c1. The Balaban J connectivity index is 1.43. The number of rotatable bonds is 8. The van der Waals surface area contributed by atoms with Crippen LogP contribution >= 0.6 is 0 Å². The minimum Gasteiger partial charge on any atom is -0.454 e. The van der Waals surface area contributed by atoms with Gasteiger partial charge in [-0.3, -0.25) is 19.2 Å². The van der Waals surface area contributed by atoms with Crippen molar-refractivity contribution in [3.63, 3.8) is 0 Å². The average Bonchev–Trinajstić information content (AvgIpc) is 2.76. The van der Waals surface area contributed by atoms with Crippen molar-refractivity contribution in [3.05, 3.63) is 77.9 Å². The van der Waals surface area contributed by atoms with Gasteiger partial charge in [-0.2, -0.15) is 0 Å². The molecule has 0 saturated carbocycles. The Labute approximate surface area is 179 Å². The van der Waals surface area contributed by atoms with Gasteiger partial charge in [0.1, 0.15) is 6.54 Å². The van der Waals surface area contributed by atoms with Gasteiger partial charge >= 0.3 is 5.97 Å². The van der Waals surface area contributed by atoms with Crippen molar-refractivity contribution in [1.29, 1.82) is 0 Å². The highest BCUT2D eigenvalue weighted by atomic mass is 16.5. The highest BCUT2D eigenvalue weighted by Crippen LogP contribution is 2.18. The first-order valence-electron chi connectivity index (χ1n) is 9.72. The maximum atomic E-state index is 12.2. The molecule has 0 saturated heterocycles. The van der Waals surface area contributed by atoms with E-state index in [1.54, 1.807) is 18.2 Å². The number of fused-ring (bicyclic) bond motifs is 1. The van der Waals surface area contributed by atoms with Crippen LogP contribution in [-0.2, 0) is 25.5 Å². The second-order valence-corrected chi connectivity index (χ2v) is 6.94. The summed E-state index contributed by atoms with van der Waals surface area (Å²) in [4.78, 5) is 47.4. The number of benzene rings is 3. The number of Topliss-reactive ketones (excluding diaryl/α,β-unsaturated/α-hetero) is 1. The third kappa shape index (κ3) is 6.24. The van der Waals surface area contributed by atoms with E-state index in [1.165, 1.54) is 13.0 Å². The Bertz CT molecular complexity index is 1130. The lowest BCUT2D eigenvalue weighted by Gasteiger charge is -2.09. The summed E-state index contributed by atoms with van der Waals surface area (Å²) in [5.74, 6) is -1.71. The number of esters is 1. The van der Waals surface area contributed by atoms with E-state index in [2.05, 4.69) is 10.6 Å². The van der Waals surface area contributed by atoms with Crippen LogP contribution in [0.2, 0.25) is 0 Å². The molecule has 3 aromatic carbocycles. The van der Waals surface area contributed by atoms with Crippen LogP contribution in [0.15, 0.2) is 66.7 Å². The summed E-state index contributed by atoms with van der Waals surface area (Å²) in [5.41, 5.74) is 1.75. The number of amides is 2. The number of carbonyl (C=O) groups excluding carboxylic acids is 4. The average molecular weight is 418 g/mol. The molecule has 0 aliphatic rings. The molecule has 7 heteroatoms. The molecule has 0 unspecified atom stereocenters. The number of nitrogens with one attached hydrogen (secondary N) is 2. The standard InChI is InChI=1S/C24H22N2O5/c1-16(27)18-8-5-10-20(12-18)26-23(29)15-31-24(30)14-25-22(28)13-19-9-4-7-17-6-2-3-11-21(17)19/h2-12H,13-15H2,1H3,(H,25,28)(H,26,29). The number of anilines is 1. The molecular formula is C24H22N2O5. The Hall–Kier alpha value is -4.00. The van der Waals surface area contributed by atoms with E-state index in [-0.39, 0.29) is 24.7 Å². The van der Waals surface area contributed by atoms with Crippen LogP contribution in [0, 0.1) is 0 Å². The van der Waals surface area contributed by atoms with Gasteiger partial charge in [-0.05, 0) is 35.4 Å². The zero-order valence-electron chi connectivity index (χ0n) is 17.0. The van der Waals surface area contributed by atoms with E-state index < -0.39 is 18.5 Å².